The van der Waals surface area contributed by atoms with Crippen molar-refractivity contribution >= 4 is 34.0 Å². The van der Waals surface area contributed by atoms with Gasteiger partial charge in [0, 0.05) is 7.05 Å². The zero-order chi connectivity index (χ0) is 19.3. The number of nitrogens with zero attached hydrogens (tertiary/aromatic N) is 1. The van der Waals surface area contributed by atoms with Crippen molar-refractivity contribution in [2.45, 2.75) is 37.2 Å². The van der Waals surface area contributed by atoms with Crippen LogP contribution in [0.2, 0.25) is 0 Å². The maximum Gasteiger partial charge on any atom is 0.417 e. The van der Waals surface area contributed by atoms with Crippen LogP contribution in [0.25, 0.3) is 0 Å². The molecule has 3 atom stereocenters. The molecule has 7 nitrogen and oxygen atoms in total. The average molecular weight is 427 g/mol. The van der Waals surface area contributed by atoms with Crippen molar-refractivity contribution < 1.29 is 23.9 Å². The highest BCUT2D eigenvalue weighted by molar-refractivity contribution is 9.10. The van der Waals surface area contributed by atoms with E-state index in [1.165, 1.54) is 7.05 Å². The second-order valence-electron chi connectivity index (χ2n) is 6.39. The molecule has 0 radical (unpaired) electrons. The number of imide groups is 1. The first-order valence-corrected chi connectivity index (χ1v) is 9.33. The summed E-state index contributed by atoms with van der Waals surface area (Å²) in [5, 5.41) is 2.37. The maximum atomic E-state index is 12.9. The fraction of sp³-hybridized carbons (Fsp3) is 0.500. The van der Waals surface area contributed by atoms with Crippen molar-refractivity contribution in [3.8, 4) is 0 Å². The van der Waals surface area contributed by atoms with Crippen molar-refractivity contribution in [1.29, 1.82) is 0 Å². The number of hydrogen-bond acceptors (Lipinski definition) is 5. The van der Waals surface area contributed by atoms with E-state index in [4.69, 9.17) is 9.47 Å². The van der Waals surface area contributed by atoms with Crippen LogP contribution in [-0.2, 0) is 20.7 Å². The SMILES string of the molecule is CNC(=O)OC(C(C)C)C(Br)C(=O)N1C(=O)OC[C@@H]1Cc1ccccc1. The van der Waals surface area contributed by atoms with Crippen LogP contribution in [0.1, 0.15) is 19.4 Å². The topological polar surface area (TPSA) is 84.9 Å². The van der Waals surface area contributed by atoms with Crippen LogP contribution in [0, 0.1) is 5.92 Å². The summed E-state index contributed by atoms with van der Waals surface area (Å²) in [6.07, 6.45) is -1.54. The lowest BCUT2D eigenvalue weighted by molar-refractivity contribution is -0.130. The number of ether oxygens (including phenoxy) is 2. The number of benzene rings is 1. The van der Waals surface area contributed by atoms with Crippen LogP contribution >= 0.6 is 15.9 Å². The van der Waals surface area contributed by atoms with E-state index in [1.54, 1.807) is 0 Å². The Hall–Kier alpha value is -2.09. The highest BCUT2D eigenvalue weighted by Crippen LogP contribution is 2.25. The quantitative estimate of drug-likeness (QED) is 0.706. The fourth-order valence-electron chi connectivity index (χ4n) is 2.76. The predicted molar refractivity (Wildman–Crippen MR) is 99.0 cm³/mol. The third-order valence-corrected chi connectivity index (χ3v) is 5.05. The number of hydrogen-bond donors (Lipinski definition) is 1. The van der Waals surface area contributed by atoms with E-state index in [1.807, 2.05) is 44.2 Å². The number of carbonyl (C=O) groups is 3. The monoisotopic (exact) mass is 426 g/mol. The summed E-state index contributed by atoms with van der Waals surface area (Å²) in [7, 11) is 1.44. The molecule has 1 saturated heterocycles. The van der Waals surface area contributed by atoms with E-state index in [2.05, 4.69) is 21.2 Å². The number of rotatable bonds is 6. The fourth-order valence-corrected chi connectivity index (χ4v) is 3.70. The second kappa shape index (κ2) is 9.02. The van der Waals surface area contributed by atoms with E-state index in [9.17, 15) is 14.4 Å². The zero-order valence-corrected chi connectivity index (χ0v) is 16.6. The number of amides is 3. The molecular formula is C18H23BrN2O5. The Morgan fingerprint density at radius 2 is 2.00 bits per heavy atom. The first-order valence-electron chi connectivity index (χ1n) is 8.41. The van der Waals surface area contributed by atoms with Gasteiger partial charge in [0.15, 0.2) is 0 Å². The van der Waals surface area contributed by atoms with Crippen LogP contribution in [0.4, 0.5) is 9.59 Å². The molecule has 8 heteroatoms. The molecule has 0 saturated carbocycles. The minimum absolute atomic E-state index is 0.133. The third-order valence-electron chi connectivity index (χ3n) is 4.14. The van der Waals surface area contributed by atoms with E-state index in [0.717, 1.165) is 10.5 Å². The van der Waals surface area contributed by atoms with Gasteiger partial charge in [0.05, 0.1) is 6.04 Å². The van der Waals surface area contributed by atoms with Gasteiger partial charge in [0.1, 0.15) is 17.5 Å². The molecule has 142 valence electrons. The second-order valence-corrected chi connectivity index (χ2v) is 7.38. The lowest BCUT2D eigenvalue weighted by Gasteiger charge is -2.29. The van der Waals surface area contributed by atoms with E-state index in [0.29, 0.717) is 6.42 Å². The molecule has 1 aliphatic rings. The number of carbonyl (C=O) groups excluding carboxylic acids is 3. The van der Waals surface area contributed by atoms with Gasteiger partial charge in [0.25, 0.3) is 0 Å². The molecule has 0 aliphatic carbocycles. The van der Waals surface area contributed by atoms with Gasteiger partial charge >= 0.3 is 12.2 Å². The normalized spacial score (nSPS) is 19.0. The summed E-state index contributed by atoms with van der Waals surface area (Å²) in [4.78, 5) is 36.9. The van der Waals surface area contributed by atoms with Crippen LogP contribution in [0.3, 0.4) is 0 Å². The molecule has 2 rings (SSSR count). The van der Waals surface area contributed by atoms with Gasteiger partial charge in [-0.2, -0.15) is 0 Å². The Labute approximate surface area is 161 Å². The van der Waals surface area contributed by atoms with Crippen molar-refractivity contribution in [1.82, 2.24) is 10.2 Å². The van der Waals surface area contributed by atoms with Crippen molar-refractivity contribution in [3.63, 3.8) is 0 Å². The van der Waals surface area contributed by atoms with Crippen LogP contribution in [0.15, 0.2) is 30.3 Å². The lowest BCUT2D eigenvalue weighted by Crippen LogP contribution is -2.49. The summed E-state index contributed by atoms with van der Waals surface area (Å²) in [6, 6.07) is 9.17. The van der Waals surface area contributed by atoms with Crippen molar-refractivity contribution in [2.24, 2.45) is 5.92 Å². The predicted octanol–water partition coefficient (Wildman–Crippen LogP) is 2.72. The van der Waals surface area contributed by atoms with Gasteiger partial charge < -0.3 is 14.8 Å². The largest absolute Gasteiger partial charge is 0.447 e. The number of halogens is 1. The van der Waals surface area contributed by atoms with Gasteiger partial charge in [-0.15, -0.1) is 0 Å². The Morgan fingerprint density at radius 1 is 1.35 bits per heavy atom. The summed E-state index contributed by atoms with van der Waals surface area (Å²) >= 11 is 3.31. The van der Waals surface area contributed by atoms with Gasteiger partial charge in [-0.1, -0.05) is 60.1 Å². The number of alkyl halides is 1. The van der Waals surface area contributed by atoms with Gasteiger partial charge in [-0.05, 0) is 17.9 Å². The first kappa shape index (κ1) is 20.2. The minimum atomic E-state index is -0.858. The third kappa shape index (κ3) is 4.75. The molecule has 0 bridgehead atoms. The Bertz CT molecular complexity index is 652. The van der Waals surface area contributed by atoms with Crippen LogP contribution in [0.5, 0.6) is 0 Å². The molecule has 1 aromatic rings. The van der Waals surface area contributed by atoms with Crippen molar-refractivity contribution in [3.05, 3.63) is 35.9 Å². The summed E-state index contributed by atoms with van der Waals surface area (Å²) in [6.45, 7) is 3.81. The first-order chi connectivity index (χ1) is 12.3. The van der Waals surface area contributed by atoms with Gasteiger partial charge in [-0.3, -0.25) is 4.79 Å². The minimum Gasteiger partial charge on any atom is -0.447 e. The summed E-state index contributed by atoms with van der Waals surface area (Å²) in [5.74, 6) is -0.608. The molecular weight excluding hydrogens is 404 g/mol. The highest BCUT2D eigenvalue weighted by atomic mass is 79.9. The average Bonchev–Trinajstić information content (AvgIpc) is 2.99. The van der Waals surface area contributed by atoms with Crippen molar-refractivity contribution in [2.75, 3.05) is 13.7 Å². The molecule has 2 unspecified atom stereocenters. The van der Waals surface area contributed by atoms with Crippen LogP contribution in [-0.4, -0.2) is 53.6 Å². The zero-order valence-electron chi connectivity index (χ0n) is 15.0. The van der Waals surface area contributed by atoms with Crippen LogP contribution < -0.4 is 5.32 Å². The molecule has 1 aromatic carbocycles. The molecule has 1 heterocycles. The van der Waals surface area contributed by atoms with Gasteiger partial charge in [-0.25, -0.2) is 14.5 Å². The molecule has 1 aliphatic heterocycles. The standard InChI is InChI=1S/C18H23BrN2O5/c1-11(2)15(26-17(23)20-3)14(19)16(22)21-13(10-25-18(21)24)9-12-7-5-4-6-8-12/h4-8,11,13-15H,9-10H2,1-3H3,(H,20,23)/t13-,14?,15?/m0/s1. The smallest absolute Gasteiger partial charge is 0.417 e. The van der Waals surface area contributed by atoms with E-state index in [-0.39, 0.29) is 12.5 Å². The lowest BCUT2D eigenvalue weighted by atomic mass is 10.0. The number of nitrogens with one attached hydrogen (secondary N) is 1. The Kier molecular flexibility index (Phi) is 7.02. The molecule has 0 spiro atoms. The molecule has 26 heavy (non-hydrogen) atoms. The summed E-state index contributed by atoms with van der Waals surface area (Å²) < 4.78 is 10.4. The maximum absolute atomic E-state index is 12.9. The molecule has 1 fully saturated rings. The molecule has 3 amide bonds. The Morgan fingerprint density at radius 3 is 2.58 bits per heavy atom. The van der Waals surface area contributed by atoms with E-state index >= 15 is 0 Å². The highest BCUT2D eigenvalue weighted by Gasteiger charge is 2.43. The number of alkyl carbamates (subject to hydrolysis) is 1. The molecule has 0 aromatic heterocycles. The summed E-state index contributed by atoms with van der Waals surface area (Å²) in [5.41, 5.74) is 1.00. The van der Waals surface area contributed by atoms with E-state index < -0.39 is 35.1 Å². The number of cyclic esters (lactones) is 1. The Balaban J connectivity index is 2.15. The molecule has 1 N–H and O–H groups in total. The van der Waals surface area contributed by atoms with Gasteiger partial charge in [0.2, 0.25) is 5.91 Å².